The van der Waals surface area contributed by atoms with Crippen molar-refractivity contribution in [1.82, 2.24) is 4.90 Å². The largest absolute Gasteiger partial charge is 0.310 e. The van der Waals surface area contributed by atoms with Crippen LogP contribution in [0.2, 0.25) is 0 Å². The molecule has 0 bridgehead atoms. The zero-order valence-electron chi connectivity index (χ0n) is 8.38. The molecule has 1 saturated heterocycles. The zero-order chi connectivity index (χ0) is 10.2. The Morgan fingerprint density at radius 3 is 2.64 bits per heavy atom. The maximum Gasteiger partial charge on any atom is -0.00259 e. The van der Waals surface area contributed by atoms with E-state index in [1.54, 1.807) is 0 Å². The number of nitrogens with zero attached hydrogens (tertiary/aromatic N) is 1. The van der Waals surface area contributed by atoms with Crippen molar-refractivity contribution in [3.63, 3.8) is 0 Å². The second kappa shape index (κ2) is 7.78. The Morgan fingerprint density at radius 2 is 2.07 bits per heavy atom. The van der Waals surface area contributed by atoms with Crippen molar-refractivity contribution >= 4 is 19.8 Å². The van der Waals surface area contributed by atoms with Crippen molar-refractivity contribution in [2.75, 3.05) is 13.1 Å². The predicted molar refractivity (Wildman–Crippen MR) is 63.8 cm³/mol. The smallest absolute Gasteiger partial charge is 0.00259 e. The quantitative estimate of drug-likeness (QED) is 0.449. The molecule has 0 spiro atoms. The fourth-order valence-corrected chi connectivity index (χ4v) is 1.73. The SMILES string of the molecule is [Zn+][I].[c-]1cccc(CN2CCCC2)c1. The third-order valence-electron chi connectivity index (χ3n) is 2.38. The van der Waals surface area contributed by atoms with E-state index in [0.29, 0.717) is 0 Å². The molecule has 0 saturated carbocycles. The molecule has 0 aromatic heterocycles. The monoisotopic (exact) mass is 351 g/mol. The van der Waals surface area contributed by atoms with Crippen LogP contribution in [0.3, 0.4) is 0 Å². The van der Waals surface area contributed by atoms with Crippen molar-refractivity contribution < 1.29 is 14.8 Å². The van der Waals surface area contributed by atoms with E-state index in [2.05, 4.69) is 48.9 Å². The third kappa shape index (κ3) is 4.37. The summed E-state index contributed by atoms with van der Waals surface area (Å²) in [5.41, 5.74) is 1.39. The molecule has 1 aliphatic heterocycles. The molecule has 3 heteroatoms. The van der Waals surface area contributed by atoms with Crippen molar-refractivity contribution in [3.05, 3.63) is 35.9 Å². The van der Waals surface area contributed by atoms with Crippen LogP contribution in [0.15, 0.2) is 24.3 Å². The van der Waals surface area contributed by atoms with Gasteiger partial charge in [0.05, 0.1) is 0 Å². The van der Waals surface area contributed by atoms with Crippen LogP contribution in [-0.4, -0.2) is 18.0 Å². The van der Waals surface area contributed by atoms with E-state index in [9.17, 15) is 0 Å². The number of likely N-dealkylation sites (tertiary alicyclic amines) is 1. The molecule has 0 aliphatic carbocycles. The van der Waals surface area contributed by atoms with Crippen LogP contribution in [0.1, 0.15) is 18.4 Å². The van der Waals surface area contributed by atoms with E-state index >= 15 is 0 Å². The molecule has 72 valence electrons. The summed E-state index contributed by atoms with van der Waals surface area (Å²) in [6.07, 6.45) is 2.74. The fraction of sp³-hybridized carbons (Fsp3) is 0.455. The summed E-state index contributed by atoms with van der Waals surface area (Å²) < 4.78 is 0. The minimum Gasteiger partial charge on any atom is -0.310 e. The van der Waals surface area contributed by atoms with Gasteiger partial charge in [-0.25, -0.2) is 0 Å². The molecule has 2 rings (SSSR count). The molecule has 14 heavy (non-hydrogen) atoms. The molecule has 1 aromatic carbocycles. The van der Waals surface area contributed by atoms with E-state index < -0.39 is 0 Å². The van der Waals surface area contributed by atoms with Gasteiger partial charge >= 0.3 is 34.5 Å². The molecule has 0 amide bonds. The molecule has 0 unspecified atom stereocenters. The number of rotatable bonds is 2. The summed E-state index contributed by atoms with van der Waals surface area (Å²) in [7, 11) is 0. The van der Waals surface area contributed by atoms with Gasteiger partial charge in [0.2, 0.25) is 0 Å². The van der Waals surface area contributed by atoms with E-state index in [-0.39, 0.29) is 0 Å². The van der Waals surface area contributed by atoms with Crippen LogP contribution < -0.4 is 0 Å². The van der Waals surface area contributed by atoms with Gasteiger partial charge in [-0.1, -0.05) is 0 Å². The van der Waals surface area contributed by atoms with Crippen LogP contribution in [0.25, 0.3) is 0 Å². The van der Waals surface area contributed by atoms with E-state index in [1.165, 1.54) is 46.3 Å². The molecule has 1 nitrogen and oxygen atoms in total. The summed E-state index contributed by atoms with van der Waals surface area (Å²) in [6, 6.07) is 11.4. The Morgan fingerprint density at radius 1 is 1.36 bits per heavy atom. The predicted octanol–water partition coefficient (Wildman–Crippen LogP) is 2.97. The van der Waals surface area contributed by atoms with Crippen molar-refractivity contribution in [3.8, 4) is 0 Å². The van der Waals surface area contributed by atoms with Gasteiger partial charge in [-0.2, -0.15) is 30.3 Å². The molecule has 1 heterocycles. The summed E-state index contributed by atoms with van der Waals surface area (Å²) in [5.74, 6) is 0. The summed E-state index contributed by atoms with van der Waals surface area (Å²) in [5, 5.41) is 0. The molecule has 0 atom stereocenters. The standard InChI is InChI=1S/C11H14N.HI.Zn/c1-2-6-11(7-3-1)10-12-8-4-5-9-12;;/h1-2,6-7H,4-5,8-10H2;1H;/q-1;;+2/p-1. The molecule has 0 radical (unpaired) electrons. The first-order valence-electron chi connectivity index (χ1n) is 4.89. The Hall–Kier alpha value is 0.533. The van der Waals surface area contributed by atoms with Gasteiger partial charge in [0, 0.05) is 0 Å². The van der Waals surface area contributed by atoms with E-state index in [0.717, 1.165) is 6.54 Å². The Balaban J connectivity index is 0.000000461. The van der Waals surface area contributed by atoms with Crippen LogP contribution >= 0.6 is 19.8 Å². The number of hydrogen-bond acceptors (Lipinski definition) is 1. The van der Waals surface area contributed by atoms with Crippen molar-refractivity contribution in [2.45, 2.75) is 19.4 Å². The number of hydrogen-bond donors (Lipinski definition) is 0. The summed E-state index contributed by atoms with van der Waals surface area (Å²) in [4.78, 5) is 2.50. The van der Waals surface area contributed by atoms with Crippen molar-refractivity contribution in [1.29, 1.82) is 0 Å². The minimum atomic E-state index is 1.11. The fourth-order valence-electron chi connectivity index (χ4n) is 1.73. The first kappa shape index (κ1) is 12.6. The third-order valence-corrected chi connectivity index (χ3v) is 2.38. The molecular formula is C11H14INZn. The van der Waals surface area contributed by atoms with Gasteiger partial charge in [0.1, 0.15) is 0 Å². The first-order valence-corrected chi connectivity index (χ1v) is 13.9. The normalized spacial score (nSPS) is 16.2. The van der Waals surface area contributed by atoms with Crippen LogP contribution in [0, 0.1) is 6.07 Å². The van der Waals surface area contributed by atoms with Gasteiger partial charge in [0.25, 0.3) is 0 Å². The molecule has 1 aliphatic rings. The minimum absolute atomic E-state index is 1.11. The Kier molecular flexibility index (Phi) is 7.00. The maximum absolute atomic E-state index is 3.11. The second-order valence-corrected chi connectivity index (χ2v) is 3.39. The summed E-state index contributed by atoms with van der Waals surface area (Å²) in [6.45, 7) is 3.65. The molecule has 1 fully saturated rings. The molecule has 1 aromatic rings. The Labute approximate surface area is 107 Å². The first-order chi connectivity index (χ1) is 6.95. The maximum atomic E-state index is 3.11. The average molecular weight is 353 g/mol. The molecular weight excluding hydrogens is 338 g/mol. The number of halogens is 1. The van der Waals surface area contributed by atoms with Crippen molar-refractivity contribution in [2.24, 2.45) is 0 Å². The second-order valence-electron chi connectivity index (χ2n) is 3.39. The van der Waals surface area contributed by atoms with Gasteiger partial charge in [0.15, 0.2) is 0 Å². The van der Waals surface area contributed by atoms with Crippen LogP contribution in [0.4, 0.5) is 0 Å². The topological polar surface area (TPSA) is 3.24 Å². The van der Waals surface area contributed by atoms with Gasteiger partial charge < -0.3 is 4.90 Å². The van der Waals surface area contributed by atoms with Gasteiger partial charge in [-0.05, 0) is 32.5 Å². The summed E-state index contributed by atoms with van der Waals surface area (Å²) >= 11 is 3.62. The van der Waals surface area contributed by atoms with E-state index in [1.807, 2.05) is 6.07 Å². The van der Waals surface area contributed by atoms with Crippen LogP contribution in [-0.2, 0) is 21.3 Å². The van der Waals surface area contributed by atoms with Gasteiger partial charge in [-0.3, -0.25) is 0 Å². The average Bonchev–Trinajstić information content (AvgIpc) is 2.75. The zero-order valence-corrected chi connectivity index (χ0v) is 13.5. The van der Waals surface area contributed by atoms with E-state index in [4.69, 9.17) is 0 Å². The van der Waals surface area contributed by atoms with Crippen LogP contribution in [0.5, 0.6) is 0 Å². The molecule has 0 N–H and O–H groups in total. The van der Waals surface area contributed by atoms with Gasteiger partial charge in [-0.15, -0.1) is 5.56 Å². The Bertz CT molecular complexity index is 234. The number of benzene rings is 1.